The van der Waals surface area contributed by atoms with Gasteiger partial charge in [-0.2, -0.15) is 5.10 Å². The van der Waals surface area contributed by atoms with Gasteiger partial charge in [-0.1, -0.05) is 6.07 Å². The van der Waals surface area contributed by atoms with Crippen LogP contribution < -0.4 is 5.32 Å². The Balaban J connectivity index is 2.12. The van der Waals surface area contributed by atoms with Gasteiger partial charge < -0.3 is 10.4 Å². The maximum Gasteiger partial charge on any atom is 0.356 e. The summed E-state index contributed by atoms with van der Waals surface area (Å²) in [6.07, 6.45) is 3.42. The number of rotatable bonds is 3. The molecule has 3 heterocycles. The topological polar surface area (TPSA) is 84.5 Å². The summed E-state index contributed by atoms with van der Waals surface area (Å²) in [7, 11) is 1.78. The molecule has 0 atom stereocenters. The molecular formula is C12H11N5O2. The van der Waals surface area contributed by atoms with Crippen LogP contribution in [0.1, 0.15) is 10.5 Å². The number of aromatic nitrogens is 4. The quantitative estimate of drug-likeness (QED) is 0.743. The standard InChI is InChI=1S/C12H11N5O2/c1-16-7-5-8(15-16)13-11-10(12(18)19)17-6-3-2-4-9(17)14-11/h2-7H,1H3,(H,13,15)(H,18,19). The second-order valence-electron chi connectivity index (χ2n) is 4.04. The van der Waals surface area contributed by atoms with Gasteiger partial charge in [-0.3, -0.25) is 9.08 Å². The van der Waals surface area contributed by atoms with Crippen LogP contribution in [0, 0.1) is 0 Å². The van der Waals surface area contributed by atoms with Gasteiger partial charge in [0.1, 0.15) is 5.65 Å². The first-order chi connectivity index (χ1) is 9.15. The minimum atomic E-state index is -1.04. The van der Waals surface area contributed by atoms with Crippen molar-refractivity contribution in [2.75, 3.05) is 5.32 Å². The molecule has 0 aliphatic rings. The summed E-state index contributed by atoms with van der Waals surface area (Å²) in [6.45, 7) is 0. The number of aromatic carboxylic acids is 1. The molecule has 0 bridgehead atoms. The maximum atomic E-state index is 11.4. The molecule has 0 unspecified atom stereocenters. The number of imidazole rings is 1. The van der Waals surface area contributed by atoms with E-state index in [-0.39, 0.29) is 11.5 Å². The van der Waals surface area contributed by atoms with E-state index in [1.54, 1.807) is 48.4 Å². The van der Waals surface area contributed by atoms with E-state index in [0.29, 0.717) is 11.5 Å². The molecule has 0 saturated heterocycles. The van der Waals surface area contributed by atoms with Crippen LogP contribution >= 0.6 is 0 Å². The van der Waals surface area contributed by atoms with Gasteiger partial charge in [-0.05, 0) is 12.1 Å². The number of hydrogen-bond acceptors (Lipinski definition) is 4. The number of pyridine rings is 1. The van der Waals surface area contributed by atoms with Gasteiger partial charge in [0, 0.05) is 25.5 Å². The van der Waals surface area contributed by atoms with Crippen molar-refractivity contribution in [2.45, 2.75) is 0 Å². The van der Waals surface area contributed by atoms with E-state index in [0.717, 1.165) is 0 Å². The van der Waals surface area contributed by atoms with Crippen molar-refractivity contribution in [3.63, 3.8) is 0 Å². The minimum absolute atomic E-state index is 0.0845. The Morgan fingerprint density at radius 2 is 2.16 bits per heavy atom. The fourth-order valence-corrected chi connectivity index (χ4v) is 1.89. The molecule has 0 radical (unpaired) electrons. The number of carboxylic acid groups (broad SMARTS) is 1. The first-order valence-electron chi connectivity index (χ1n) is 5.62. The number of nitrogens with zero attached hydrogens (tertiary/aromatic N) is 4. The highest BCUT2D eigenvalue weighted by Crippen LogP contribution is 2.20. The Hall–Kier alpha value is -2.83. The maximum absolute atomic E-state index is 11.4. The van der Waals surface area contributed by atoms with Crippen LogP contribution in [0.4, 0.5) is 11.6 Å². The number of aryl methyl sites for hydroxylation is 1. The van der Waals surface area contributed by atoms with Crippen LogP contribution in [-0.2, 0) is 7.05 Å². The highest BCUT2D eigenvalue weighted by atomic mass is 16.4. The summed E-state index contributed by atoms with van der Waals surface area (Å²) in [5, 5.41) is 16.4. The second-order valence-corrected chi connectivity index (χ2v) is 4.04. The molecule has 7 nitrogen and oxygen atoms in total. The third kappa shape index (κ3) is 1.90. The van der Waals surface area contributed by atoms with Crippen molar-refractivity contribution in [2.24, 2.45) is 7.05 Å². The smallest absolute Gasteiger partial charge is 0.356 e. The molecule has 0 saturated carbocycles. The zero-order valence-electron chi connectivity index (χ0n) is 10.1. The fourth-order valence-electron chi connectivity index (χ4n) is 1.89. The number of hydrogen-bond donors (Lipinski definition) is 2. The average molecular weight is 257 g/mol. The summed E-state index contributed by atoms with van der Waals surface area (Å²) in [6, 6.07) is 7.05. The summed E-state index contributed by atoms with van der Waals surface area (Å²) in [5.41, 5.74) is 0.652. The van der Waals surface area contributed by atoms with Gasteiger partial charge >= 0.3 is 5.97 Å². The van der Waals surface area contributed by atoms with E-state index in [2.05, 4.69) is 15.4 Å². The molecule has 3 aromatic heterocycles. The molecule has 0 aromatic carbocycles. The number of carbonyl (C=O) groups is 1. The van der Waals surface area contributed by atoms with E-state index in [1.165, 1.54) is 4.40 Å². The van der Waals surface area contributed by atoms with Gasteiger partial charge in [0.2, 0.25) is 0 Å². The van der Waals surface area contributed by atoms with E-state index in [4.69, 9.17) is 0 Å². The Morgan fingerprint density at radius 1 is 1.32 bits per heavy atom. The zero-order valence-corrected chi connectivity index (χ0v) is 10.1. The number of fused-ring (bicyclic) bond motifs is 1. The molecular weight excluding hydrogens is 246 g/mol. The summed E-state index contributed by atoms with van der Waals surface area (Å²) < 4.78 is 3.15. The third-order valence-corrected chi connectivity index (χ3v) is 2.69. The summed E-state index contributed by atoms with van der Waals surface area (Å²) in [5.74, 6) is -0.220. The van der Waals surface area contributed by atoms with E-state index in [9.17, 15) is 9.90 Å². The summed E-state index contributed by atoms with van der Waals surface area (Å²) >= 11 is 0. The highest BCUT2D eigenvalue weighted by Gasteiger charge is 2.18. The molecule has 19 heavy (non-hydrogen) atoms. The molecule has 96 valence electrons. The average Bonchev–Trinajstić information content (AvgIpc) is 2.92. The van der Waals surface area contributed by atoms with Gasteiger partial charge in [0.15, 0.2) is 17.3 Å². The van der Waals surface area contributed by atoms with Gasteiger partial charge in [-0.25, -0.2) is 9.78 Å². The van der Waals surface area contributed by atoms with Crippen LogP contribution in [0.15, 0.2) is 36.7 Å². The van der Waals surface area contributed by atoms with Crippen molar-refractivity contribution < 1.29 is 9.90 Å². The highest BCUT2D eigenvalue weighted by molar-refractivity contribution is 5.93. The predicted octanol–water partition coefficient (Wildman–Crippen LogP) is 1.51. The van der Waals surface area contributed by atoms with E-state index >= 15 is 0 Å². The van der Waals surface area contributed by atoms with Crippen LogP contribution in [-0.4, -0.2) is 30.2 Å². The number of nitrogens with one attached hydrogen (secondary N) is 1. The lowest BCUT2D eigenvalue weighted by Crippen LogP contribution is -2.05. The zero-order chi connectivity index (χ0) is 13.4. The van der Waals surface area contributed by atoms with Crippen molar-refractivity contribution in [3.8, 4) is 0 Å². The number of anilines is 2. The lowest BCUT2D eigenvalue weighted by molar-refractivity contribution is 0.0690. The van der Waals surface area contributed by atoms with Crippen molar-refractivity contribution in [1.29, 1.82) is 0 Å². The molecule has 0 fully saturated rings. The Morgan fingerprint density at radius 3 is 2.84 bits per heavy atom. The first-order valence-corrected chi connectivity index (χ1v) is 5.62. The lowest BCUT2D eigenvalue weighted by Gasteiger charge is -2.00. The predicted molar refractivity (Wildman–Crippen MR) is 68.6 cm³/mol. The fraction of sp³-hybridized carbons (Fsp3) is 0.0833. The molecule has 3 aromatic rings. The normalized spacial score (nSPS) is 10.8. The van der Waals surface area contributed by atoms with Gasteiger partial charge in [0.05, 0.1) is 0 Å². The van der Waals surface area contributed by atoms with E-state index < -0.39 is 5.97 Å². The van der Waals surface area contributed by atoms with Crippen LogP contribution in [0.2, 0.25) is 0 Å². The SMILES string of the molecule is Cn1ccc(Nc2nc3ccccn3c2C(=O)O)n1. The second kappa shape index (κ2) is 4.13. The van der Waals surface area contributed by atoms with Crippen LogP contribution in [0.3, 0.4) is 0 Å². The first kappa shape index (κ1) is 11.3. The monoisotopic (exact) mass is 257 g/mol. The summed E-state index contributed by atoms with van der Waals surface area (Å²) in [4.78, 5) is 15.6. The molecule has 0 spiro atoms. The number of carboxylic acids is 1. The van der Waals surface area contributed by atoms with Crippen molar-refractivity contribution >= 4 is 23.3 Å². The molecule has 0 aliphatic heterocycles. The van der Waals surface area contributed by atoms with Gasteiger partial charge in [0.25, 0.3) is 0 Å². The molecule has 0 amide bonds. The van der Waals surface area contributed by atoms with Crippen LogP contribution in [0.5, 0.6) is 0 Å². The molecule has 2 N–H and O–H groups in total. The molecule has 3 rings (SSSR count). The van der Waals surface area contributed by atoms with E-state index in [1.807, 2.05) is 0 Å². The Bertz CT molecular complexity index is 758. The molecule has 7 heteroatoms. The third-order valence-electron chi connectivity index (χ3n) is 2.69. The van der Waals surface area contributed by atoms with Crippen molar-refractivity contribution in [3.05, 3.63) is 42.4 Å². The minimum Gasteiger partial charge on any atom is -0.476 e. The Kier molecular flexibility index (Phi) is 2.45. The van der Waals surface area contributed by atoms with Crippen LogP contribution in [0.25, 0.3) is 5.65 Å². The molecule has 0 aliphatic carbocycles. The lowest BCUT2D eigenvalue weighted by atomic mass is 10.4. The Labute approximate surface area is 108 Å². The largest absolute Gasteiger partial charge is 0.476 e. The van der Waals surface area contributed by atoms with Gasteiger partial charge in [-0.15, -0.1) is 0 Å². The van der Waals surface area contributed by atoms with Crippen molar-refractivity contribution in [1.82, 2.24) is 19.2 Å².